The zero-order valence-electron chi connectivity index (χ0n) is 12.5. The van der Waals surface area contributed by atoms with E-state index in [1.54, 1.807) is 6.33 Å². The van der Waals surface area contributed by atoms with Crippen molar-refractivity contribution < 1.29 is 5.11 Å². The van der Waals surface area contributed by atoms with Gasteiger partial charge in [0.1, 0.15) is 18.0 Å². The second-order valence-corrected chi connectivity index (χ2v) is 5.22. The molecule has 0 fully saturated rings. The molecule has 0 radical (unpaired) electrons. The van der Waals surface area contributed by atoms with Crippen LogP contribution in [0.5, 0.6) is 0 Å². The average molecular weight is 266 g/mol. The van der Waals surface area contributed by atoms with Gasteiger partial charge in [-0.05, 0) is 26.7 Å². The molecule has 1 aromatic rings. The third kappa shape index (κ3) is 5.03. The van der Waals surface area contributed by atoms with Gasteiger partial charge in [-0.2, -0.15) is 0 Å². The van der Waals surface area contributed by atoms with Crippen LogP contribution in [0.3, 0.4) is 0 Å². The lowest BCUT2D eigenvalue weighted by Crippen LogP contribution is -2.33. The molecule has 0 saturated carbocycles. The highest BCUT2D eigenvalue weighted by atomic mass is 16.3. The molecule has 5 nitrogen and oxygen atoms in total. The van der Waals surface area contributed by atoms with Gasteiger partial charge in [-0.1, -0.05) is 20.3 Å². The van der Waals surface area contributed by atoms with E-state index in [-0.39, 0.29) is 0 Å². The molecule has 0 aromatic carbocycles. The Morgan fingerprint density at radius 3 is 2.37 bits per heavy atom. The van der Waals surface area contributed by atoms with E-state index in [1.807, 2.05) is 13.8 Å². The summed E-state index contributed by atoms with van der Waals surface area (Å²) in [6.07, 6.45) is 4.32. The molecular formula is C14H26N4O. The average Bonchev–Trinajstić information content (AvgIpc) is 2.36. The zero-order chi connectivity index (χ0) is 14.3. The zero-order valence-corrected chi connectivity index (χ0v) is 12.5. The normalized spacial score (nSPS) is 13.9. The lowest BCUT2D eigenvalue weighted by Gasteiger charge is -2.24. The summed E-state index contributed by atoms with van der Waals surface area (Å²) in [6, 6.07) is 0. The number of anilines is 2. The van der Waals surface area contributed by atoms with Crippen molar-refractivity contribution in [2.24, 2.45) is 0 Å². The highest BCUT2D eigenvalue weighted by molar-refractivity contribution is 5.56. The molecule has 0 aliphatic carbocycles. The van der Waals surface area contributed by atoms with Gasteiger partial charge in [0, 0.05) is 18.7 Å². The first-order chi connectivity index (χ1) is 9.00. The van der Waals surface area contributed by atoms with Crippen molar-refractivity contribution in [2.45, 2.75) is 52.6 Å². The molecule has 1 atom stereocenters. The number of nitrogens with one attached hydrogen (secondary N) is 2. The van der Waals surface area contributed by atoms with Crippen molar-refractivity contribution in [1.29, 1.82) is 0 Å². The Kier molecular flexibility index (Phi) is 6.02. The molecule has 0 spiro atoms. The first-order valence-electron chi connectivity index (χ1n) is 7.02. The standard InChI is InChI=1S/C14H26N4O/c1-5-7-14(4,19)9-16-13-11(3)12(15-8-6-2)17-10-18-13/h10,19H,5-9H2,1-4H3,(H2,15,16,17,18). The van der Waals surface area contributed by atoms with Crippen molar-refractivity contribution in [3.8, 4) is 0 Å². The molecule has 108 valence electrons. The van der Waals surface area contributed by atoms with Gasteiger partial charge in [0.25, 0.3) is 0 Å². The number of aliphatic hydroxyl groups is 1. The van der Waals surface area contributed by atoms with Crippen LogP contribution in [0.15, 0.2) is 6.33 Å². The van der Waals surface area contributed by atoms with E-state index in [1.165, 1.54) is 0 Å². The van der Waals surface area contributed by atoms with Gasteiger partial charge in [0.15, 0.2) is 0 Å². The smallest absolute Gasteiger partial charge is 0.134 e. The fraction of sp³-hybridized carbons (Fsp3) is 0.714. The minimum atomic E-state index is -0.705. The molecule has 0 aliphatic heterocycles. The van der Waals surface area contributed by atoms with Crippen molar-refractivity contribution in [1.82, 2.24) is 9.97 Å². The predicted octanol–water partition coefficient (Wildman–Crippen LogP) is 2.57. The maximum atomic E-state index is 10.2. The first-order valence-corrected chi connectivity index (χ1v) is 7.02. The van der Waals surface area contributed by atoms with E-state index in [0.29, 0.717) is 6.54 Å². The second-order valence-electron chi connectivity index (χ2n) is 5.22. The number of nitrogens with zero attached hydrogens (tertiary/aromatic N) is 2. The van der Waals surface area contributed by atoms with E-state index in [2.05, 4.69) is 34.4 Å². The van der Waals surface area contributed by atoms with Crippen LogP contribution in [0.25, 0.3) is 0 Å². The van der Waals surface area contributed by atoms with Gasteiger partial charge in [-0.25, -0.2) is 9.97 Å². The Morgan fingerprint density at radius 2 is 1.79 bits per heavy atom. The van der Waals surface area contributed by atoms with E-state index in [4.69, 9.17) is 0 Å². The first kappa shape index (κ1) is 15.7. The minimum absolute atomic E-state index is 0.492. The third-order valence-corrected chi connectivity index (χ3v) is 3.05. The van der Waals surface area contributed by atoms with Crippen LogP contribution in [0.4, 0.5) is 11.6 Å². The third-order valence-electron chi connectivity index (χ3n) is 3.05. The Hall–Kier alpha value is -1.36. The molecule has 1 unspecified atom stereocenters. The number of hydrogen-bond acceptors (Lipinski definition) is 5. The Bertz CT molecular complexity index is 393. The number of aromatic nitrogens is 2. The Morgan fingerprint density at radius 1 is 1.16 bits per heavy atom. The van der Waals surface area contributed by atoms with Crippen LogP contribution in [-0.2, 0) is 0 Å². The number of rotatable bonds is 8. The van der Waals surface area contributed by atoms with Gasteiger partial charge < -0.3 is 15.7 Å². The van der Waals surface area contributed by atoms with Crippen molar-refractivity contribution in [3.63, 3.8) is 0 Å². The van der Waals surface area contributed by atoms with E-state index in [9.17, 15) is 5.11 Å². The highest BCUT2D eigenvalue weighted by Gasteiger charge is 2.19. The quantitative estimate of drug-likeness (QED) is 0.674. The summed E-state index contributed by atoms with van der Waals surface area (Å²) in [5.74, 6) is 1.64. The summed E-state index contributed by atoms with van der Waals surface area (Å²) in [4.78, 5) is 8.47. The Balaban J connectivity index is 2.68. The molecule has 3 N–H and O–H groups in total. The summed E-state index contributed by atoms with van der Waals surface area (Å²) in [5, 5.41) is 16.6. The fourth-order valence-electron chi connectivity index (χ4n) is 1.95. The molecule has 19 heavy (non-hydrogen) atoms. The summed E-state index contributed by atoms with van der Waals surface area (Å²) < 4.78 is 0. The van der Waals surface area contributed by atoms with Crippen LogP contribution >= 0.6 is 0 Å². The second kappa shape index (κ2) is 7.28. The molecule has 1 heterocycles. The van der Waals surface area contributed by atoms with Gasteiger partial charge >= 0.3 is 0 Å². The molecular weight excluding hydrogens is 240 g/mol. The van der Waals surface area contributed by atoms with Crippen LogP contribution in [0, 0.1) is 6.92 Å². The molecule has 0 aliphatic rings. The topological polar surface area (TPSA) is 70.1 Å². The van der Waals surface area contributed by atoms with Crippen LogP contribution < -0.4 is 10.6 Å². The van der Waals surface area contributed by atoms with E-state index in [0.717, 1.165) is 43.0 Å². The molecule has 0 bridgehead atoms. The molecule has 1 aromatic heterocycles. The van der Waals surface area contributed by atoms with E-state index >= 15 is 0 Å². The van der Waals surface area contributed by atoms with Gasteiger partial charge in [-0.3, -0.25) is 0 Å². The van der Waals surface area contributed by atoms with Gasteiger partial charge in [0.2, 0.25) is 0 Å². The highest BCUT2D eigenvalue weighted by Crippen LogP contribution is 2.20. The van der Waals surface area contributed by atoms with Crippen LogP contribution in [0.2, 0.25) is 0 Å². The maximum absolute atomic E-state index is 10.2. The van der Waals surface area contributed by atoms with Gasteiger partial charge in [0.05, 0.1) is 5.60 Å². The lowest BCUT2D eigenvalue weighted by atomic mass is 10.0. The number of hydrogen-bond donors (Lipinski definition) is 3. The molecule has 0 saturated heterocycles. The summed E-state index contributed by atoms with van der Waals surface area (Å²) in [7, 11) is 0. The SMILES string of the molecule is CCCNc1ncnc(NCC(C)(O)CCC)c1C. The largest absolute Gasteiger partial charge is 0.388 e. The van der Waals surface area contributed by atoms with Crippen molar-refractivity contribution >= 4 is 11.6 Å². The van der Waals surface area contributed by atoms with Crippen LogP contribution in [-0.4, -0.2) is 33.8 Å². The predicted molar refractivity (Wildman–Crippen MR) is 79.6 cm³/mol. The van der Waals surface area contributed by atoms with Crippen molar-refractivity contribution in [3.05, 3.63) is 11.9 Å². The summed E-state index contributed by atoms with van der Waals surface area (Å²) in [5.41, 5.74) is 0.284. The fourth-order valence-corrected chi connectivity index (χ4v) is 1.95. The van der Waals surface area contributed by atoms with Crippen LogP contribution in [0.1, 0.15) is 45.6 Å². The molecule has 1 rings (SSSR count). The summed E-state index contributed by atoms with van der Waals surface area (Å²) in [6.45, 7) is 9.39. The monoisotopic (exact) mass is 266 g/mol. The summed E-state index contributed by atoms with van der Waals surface area (Å²) >= 11 is 0. The minimum Gasteiger partial charge on any atom is -0.388 e. The van der Waals surface area contributed by atoms with Gasteiger partial charge in [-0.15, -0.1) is 0 Å². The maximum Gasteiger partial charge on any atom is 0.134 e. The lowest BCUT2D eigenvalue weighted by molar-refractivity contribution is 0.0636. The van der Waals surface area contributed by atoms with Crippen molar-refractivity contribution in [2.75, 3.05) is 23.7 Å². The molecule has 0 amide bonds. The van der Waals surface area contributed by atoms with E-state index < -0.39 is 5.60 Å². The Labute approximate surface area is 115 Å². The molecule has 5 heteroatoms.